The van der Waals surface area contributed by atoms with Crippen molar-refractivity contribution in [2.75, 3.05) is 0 Å². The Bertz CT molecular complexity index is 1500. The van der Waals surface area contributed by atoms with Gasteiger partial charge in [0.2, 0.25) is 0 Å². The number of carbonyl (C=O) groups excluding carboxylic acids is 1. The van der Waals surface area contributed by atoms with Crippen LogP contribution in [-0.2, 0) is 12.8 Å². The summed E-state index contributed by atoms with van der Waals surface area (Å²) in [4.78, 5) is 11.9. The van der Waals surface area contributed by atoms with Crippen molar-refractivity contribution in [2.24, 2.45) is 0 Å². The van der Waals surface area contributed by atoms with Gasteiger partial charge in [0, 0.05) is 20.4 Å². The van der Waals surface area contributed by atoms with E-state index < -0.39 is 0 Å². The molecule has 2 nitrogen and oxygen atoms in total. The van der Waals surface area contributed by atoms with E-state index in [-0.39, 0.29) is 57.2 Å². The molecular weight excluding hydrogens is 592 g/mol. The van der Waals surface area contributed by atoms with Gasteiger partial charge in [-0.1, -0.05) is 107 Å². The van der Waals surface area contributed by atoms with E-state index in [1.807, 2.05) is 78.9 Å². The molecule has 3 atom stereocenters. The van der Waals surface area contributed by atoms with Crippen LogP contribution in [-0.4, -0.2) is 19.3 Å². The van der Waals surface area contributed by atoms with Gasteiger partial charge in [0.1, 0.15) is 0 Å². The topological polar surface area (TPSA) is 37.3 Å². The van der Waals surface area contributed by atoms with Crippen molar-refractivity contribution in [2.45, 2.75) is 43.6 Å². The minimum atomic E-state index is -0.344. The zero-order valence-electron chi connectivity index (χ0n) is 23.1. The maximum absolute atomic E-state index is 11.9. The molecule has 0 aromatic heterocycles. The van der Waals surface area contributed by atoms with E-state index in [0.717, 1.165) is 47.1 Å². The van der Waals surface area contributed by atoms with Crippen molar-refractivity contribution in [3.63, 3.8) is 0 Å². The van der Waals surface area contributed by atoms with E-state index in [0.29, 0.717) is 32.4 Å². The number of Topliss-reactive ketones (excluding diaryl/α,β-unsaturated/α-hetero) is 1. The van der Waals surface area contributed by atoms with Gasteiger partial charge in [-0.3, -0.25) is 4.79 Å². The Morgan fingerprint density at radius 1 is 0.675 bits per heavy atom. The van der Waals surface area contributed by atoms with Crippen LogP contribution in [0, 0.1) is 0 Å². The average molecular weight is 619 g/mol. The second kappa shape index (κ2) is 14.8. The maximum atomic E-state index is 11.9. The first-order chi connectivity index (χ1) is 18.3. The third kappa shape index (κ3) is 7.57. The van der Waals surface area contributed by atoms with Gasteiger partial charge in [0.25, 0.3) is 0 Å². The monoisotopic (exact) mass is 617 g/mol. The molecule has 4 aromatic rings. The zero-order chi connectivity index (χ0) is 26.8. The molecule has 6 rings (SSSR count). The molecule has 0 fully saturated rings. The Labute approximate surface area is 281 Å². The van der Waals surface area contributed by atoms with Crippen molar-refractivity contribution in [1.82, 2.24) is 0 Å². The number of ketones is 1. The summed E-state index contributed by atoms with van der Waals surface area (Å²) in [6.45, 7) is 0. The molecule has 0 amide bonds. The number of halogens is 4. The molecule has 199 valence electrons. The number of benzene rings is 4. The molecule has 0 saturated carbocycles. The van der Waals surface area contributed by atoms with E-state index in [4.69, 9.17) is 46.4 Å². The number of hydrogen-bond acceptors (Lipinski definition) is 2. The summed E-state index contributed by atoms with van der Waals surface area (Å²) in [5, 5.41) is 12.4. The number of aliphatic hydroxyl groups is 1. The molecule has 8 heteroatoms. The Morgan fingerprint density at radius 2 is 1.18 bits per heavy atom. The van der Waals surface area contributed by atoms with Crippen LogP contribution in [0.2, 0.25) is 20.1 Å². The van der Waals surface area contributed by atoms with Gasteiger partial charge in [0.15, 0.2) is 5.78 Å². The van der Waals surface area contributed by atoms with Gasteiger partial charge in [-0.2, -0.15) is 0 Å². The summed E-state index contributed by atoms with van der Waals surface area (Å²) in [5.74, 6) is 0.838. The van der Waals surface area contributed by atoms with E-state index >= 15 is 0 Å². The third-order valence-electron chi connectivity index (χ3n) is 7.37. The van der Waals surface area contributed by atoms with Gasteiger partial charge >= 0.3 is 29.6 Å². The van der Waals surface area contributed by atoms with Crippen molar-refractivity contribution < 1.29 is 40.9 Å². The summed E-state index contributed by atoms with van der Waals surface area (Å²) in [7, 11) is 0. The molecule has 0 bridgehead atoms. The van der Waals surface area contributed by atoms with Gasteiger partial charge in [-0.15, -0.1) is 0 Å². The van der Waals surface area contributed by atoms with Gasteiger partial charge in [0.05, 0.1) is 26.2 Å². The molecular formula is C32H27BCl4NaO2. The summed E-state index contributed by atoms with van der Waals surface area (Å²) in [5.41, 5.74) is 6.60. The van der Waals surface area contributed by atoms with Gasteiger partial charge in [-0.05, 0) is 83.2 Å². The van der Waals surface area contributed by atoms with E-state index in [1.54, 1.807) is 0 Å². The minimum absolute atomic E-state index is 0. The fourth-order valence-electron chi connectivity index (χ4n) is 5.54. The molecule has 3 radical (unpaired) electrons. The van der Waals surface area contributed by atoms with Crippen LogP contribution in [0.3, 0.4) is 0 Å². The second-order valence-electron chi connectivity index (χ2n) is 9.89. The summed E-state index contributed by atoms with van der Waals surface area (Å²) in [6.07, 6.45) is 2.72. The summed E-state index contributed by atoms with van der Waals surface area (Å²) >= 11 is 23.9. The second-order valence-corrected chi connectivity index (χ2v) is 11.5. The zero-order valence-corrected chi connectivity index (χ0v) is 27.1. The summed E-state index contributed by atoms with van der Waals surface area (Å²) in [6, 6.07) is 27.4. The number of fused-ring (bicyclic) bond motifs is 2. The Morgan fingerprint density at radius 3 is 1.75 bits per heavy atom. The molecule has 0 spiro atoms. The molecule has 40 heavy (non-hydrogen) atoms. The predicted octanol–water partition coefficient (Wildman–Crippen LogP) is 6.40. The molecule has 3 unspecified atom stereocenters. The Hall–Kier alpha value is -1.27. The SMILES string of the molecule is O=C1CC(Cc2ccc(Cl)c(Cl)c2)c2ccccc21.OC1CC(Cc2ccc(Cl)c(Cl)c2)c2ccccc21.[B].[H-].[Na+]. The van der Waals surface area contributed by atoms with Crippen molar-refractivity contribution in [1.29, 1.82) is 0 Å². The predicted molar refractivity (Wildman–Crippen MR) is 164 cm³/mol. The number of carbonyl (C=O) groups is 1. The fourth-order valence-corrected chi connectivity index (χ4v) is 6.18. The number of aliphatic hydroxyl groups excluding tert-OH is 1. The van der Waals surface area contributed by atoms with Crippen LogP contribution in [0.1, 0.15) is 70.4 Å². The van der Waals surface area contributed by atoms with Crippen LogP contribution in [0.15, 0.2) is 84.9 Å². The Kier molecular flexibility index (Phi) is 12.3. The molecule has 0 saturated heterocycles. The van der Waals surface area contributed by atoms with Crippen molar-refractivity contribution in [3.8, 4) is 0 Å². The minimum Gasteiger partial charge on any atom is -1.00 e. The van der Waals surface area contributed by atoms with Crippen LogP contribution < -0.4 is 29.6 Å². The molecule has 1 N–H and O–H groups in total. The molecule has 2 aliphatic carbocycles. The first-order valence-corrected chi connectivity index (χ1v) is 14.1. The fraction of sp³-hybridized carbons (Fsp3) is 0.219. The third-order valence-corrected chi connectivity index (χ3v) is 8.85. The Balaban J connectivity index is 0.000000267. The van der Waals surface area contributed by atoms with Crippen LogP contribution in [0.25, 0.3) is 0 Å². The molecule has 0 aliphatic heterocycles. The van der Waals surface area contributed by atoms with Crippen LogP contribution in [0.4, 0.5) is 0 Å². The van der Waals surface area contributed by atoms with Gasteiger partial charge in [-0.25, -0.2) is 0 Å². The quantitative estimate of drug-likeness (QED) is 0.269. The normalized spacial score (nSPS) is 18.5. The summed E-state index contributed by atoms with van der Waals surface area (Å²) < 4.78 is 0. The number of hydrogen-bond donors (Lipinski definition) is 1. The van der Waals surface area contributed by atoms with Crippen molar-refractivity contribution >= 4 is 60.6 Å². The van der Waals surface area contributed by atoms with Crippen LogP contribution >= 0.6 is 46.4 Å². The number of rotatable bonds is 4. The largest absolute Gasteiger partial charge is 1.00 e. The molecule has 2 aliphatic rings. The van der Waals surface area contributed by atoms with E-state index in [1.165, 1.54) is 5.56 Å². The first kappa shape index (κ1) is 33.2. The standard InChI is InChI=1S/C16H14Cl2O.C16H12Cl2O.B.Na.H/c2*17-14-6-5-10(8-15(14)18)7-11-9-16(19)13-4-2-1-3-12(11)13;;;/h1-6,8,11,16,19H,7,9H2;1-6,8,11H,7,9H2;;;/q;;;+1;-1. The van der Waals surface area contributed by atoms with Gasteiger partial charge < -0.3 is 6.53 Å². The average Bonchev–Trinajstić information content (AvgIpc) is 3.40. The van der Waals surface area contributed by atoms with Crippen molar-refractivity contribution in [3.05, 3.63) is 138 Å². The van der Waals surface area contributed by atoms with E-state index in [2.05, 4.69) is 6.07 Å². The maximum Gasteiger partial charge on any atom is 1.00 e. The smallest absolute Gasteiger partial charge is 1.00 e. The van der Waals surface area contributed by atoms with E-state index in [9.17, 15) is 9.90 Å². The first-order valence-electron chi connectivity index (χ1n) is 12.6. The molecule has 0 heterocycles. The van der Waals surface area contributed by atoms with Crippen LogP contribution in [0.5, 0.6) is 0 Å². The molecule has 4 aromatic carbocycles.